The molecule has 1 heterocycles. The zero-order chi connectivity index (χ0) is 9.68. The van der Waals surface area contributed by atoms with E-state index in [1.54, 1.807) is 13.1 Å². The lowest BCUT2D eigenvalue weighted by atomic mass is 10.4. The quantitative estimate of drug-likeness (QED) is 0.661. The van der Waals surface area contributed by atoms with Gasteiger partial charge in [-0.25, -0.2) is 4.98 Å². The topological polar surface area (TPSA) is 52.3 Å². The summed E-state index contributed by atoms with van der Waals surface area (Å²) in [4.78, 5) is 15.0. The normalized spacial score (nSPS) is 10.0. The minimum absolute atomic E-state index is 0.167. The lowest BCUT2D eigenvalue weighted by Crippen LogP contribution is -2.06. The molecule has 0 radical (unpaired) electrons. The molecule has 4 nitrogen and oxygen atoms in total. The van der Waals surface area contributed by atoms with E-state index in [0.29, 0.717) is 18.3 Å². The van der Waals surface area contributed by atoms with Crippen LogP contribution in [0.5, 0.6) is 0 Å². The van der Waals surface area contributed by atoms with Crippen LogP contribution >= 0.6 is 0 Å². The van der Waals surface area contributed by atoms with Crippen LogP contribution in [-0.2, 0) is 22.4 Å². The molecule has 1 aromatic heterocycles. The van der Waals surface area contributed by atoms with Gasteiger partial charge in [0.25, 0.3) is 0 Å². The molecule has 0 unspecified atom stereocenters. The summed E-state index contributed by atoms with van der Waals surface area (Å²) in [6, 6.07) is 0. The number of aromatic nitrogens is 1. The van der Waals surface area contributed by atoms with Crippen molar-refractivity contribution in [2.24, 2.45) is 0 Å². The van der Waals surface area contributed by atoms with E-state index in [9.17, 15) is 4.79 Å². The fraction of sp³-hybridized carbons (Fsp3) is 0.556. The third-order valence-electron chi connectivity index (χ3n) is 1.53. The summed E-state index contributed by atoms with van der Waals surface area (Å²) in [7, 11) is 0. The Morgan fingerprint density at radius 1 is 1.62 bits per heavy atom. The van der Waals surface area contributed by atoms with Gasteiger partial charge in [-0.05, 0) is 6.92 Å². The highest BCUT2D eigenvalue weighted by Gasteiger charge is 2.08. The molecule has 0 aliphatic rings. The molecule has 0 aromatic carbocycles. The van der Waals surface area contributed by atoms with Crippen molar-refractivity contribution in [2.75, 3.05) is 6.61 Å². The first-order valence-electron chi connectivity index (χ1n) is 4.35. The number of oxazole rings is 1. The van der Waals surface area contributed by atoms with Crippen LogP contribution in [0.1, 0.15) is 25.5 Å². The van der Waals surface area contributed by atoms with E-state index in [4.69, 9.17) is 9.15 Å². The van der Waals surface area contributed by atoms with Crippen LogP contribution in [0.25, 0.3) is 0 Å². The molecule has 0 aliphatic carbocycles. The van der Waals surface area contributed by atoms with Gasteiger partial charge in [0, 0.05) is 6.42 Å². The van der Waals surface area contributed by atoms with Crippen molar-refractivity contribution in [3.05, 3.63) is 17.8 Å². The van der Waals surface area contributed by atoms with Crippen molar-refractivity contribution in [2.45, 2.75) is 26.7 Å². The number of hydrogen-bond donors (Lipinski definition) is 0. The van der Waals surface area contributed by atoms with Crippen LogP contribution in [-0.4, -0.2) is 17.6 Å². The number of rotatable bonds is 4. The minimum atomic E-state index is -0.277. The molecule has 0 saturated heterocycles. The number of carbonyl (C=O) groups excluding carboxylic acids is 1. The highest BCUT2D eigenvalue weighted by Crippen LogP contribution is 2.05. The molecule has 72 valence electrons. The maximum Gasteiger partial charge on any atom is 0.313 e. The number of esters is 1. The molecule has 0 aliphatic heterocycles. The monoisotopic (exact) mass is 183 g/mol. The number of carbonyl (C=O) groups is 1. The summed E-state index contributed by atoms with van der Waals surface area (Å²) < 4.78 is 10.00. The largest absolute Gasteiger partial charge is 0.466 e. The fourth-order valence-electron chi connectivity index (χ4n) is 0.947. The molecule has 4 heteroatoms. The molecule has 13 heavy (non-hydrogen) atoms. The van der Waals surface area contributed by atoms with E-state index in [2.05, 4.69) is 4.98 Å². The molecule has 0 bridgehead atoms. The summed E-state index contributed by atoms with van der Waals surface area (Å²) in [5.41, 5.74) is 0. The zero-order valence-corrected chi connectivity index (χ0v) is 7.87. The second-order valence-electron chi connectivity index (χ2n) is 2.56. The van der Waals surface area contributed by atoms with Crippen LogP contribution in [0.15, 0.2) is 10.6 Å². The Labute approximate surface area is 76.9 Å². The Kier molecular flexibility index (Phi) is 3.49. The van der Waals surface area contributed by atoms with E-state index < -0.39 is 0 Å². The molecule has 0 N–H and O–H groups in total. The molecular formula is C9H13NO3. The molecule has 1 rings (SSSR count). The van der Waals surface area contributed by atoms with Crippen molar-refractivity contribution in [1.82, 2.24) is 4.98 Å². The predicted octanol–water partition coefficient (Wildman–Crippen LogP) is 1.34. The second kappa shape index (κ2) is 4.64. The van der Waals surface area contributed by atoms with E-state index in [0.717, 1.165) is 6.42 Å². The van der Waals surface area contributed by atoms with E-state index >= 15 is 0 Å². The van der Waals surface area contributed by atoms with Gasteiger partial charge in [0.1, 0.15) is 12.2 Å². The van der Waals surface area contributed by atoms with Crippen LogP contribution in [0.4, 0.5) is 0 Å². The number of nitrogens with zero attached hydrogens (tertiary/aromatic N) is 1. The van der Waals surface area contributed by atoms with Crippen LogP contribution in [0.3, 0.4) is 0 Å². The summed E-state index contributed by atoms with van der Waals surface area (Å²) in [6.07, 6.45) is 2.47. The first-order valence-corrected chi connectivity index (χ1v) is 4.35. The van der Waals surface area contributed by atoms with Gasteiger partial charge in [-0.2, -0.15) is 0 Å². The number of hydrogen-bond acceptors (Lipinski definition) is 4. The molecule has 0 amide bonds. The van der Waals surface area contributed by atoms with Crippen LogP contribution in [0.2, 0.25) is 0 Å². The van der Waals surface area contributed by atoms with E-state index in [1.807, 2.05) is 6.92 Å². The molecular weight excluding hydrogens is 170 g/mol. The minimum Gasteiger partial charge on any atom is -0.466 e. The first kappa shape index (κ1) is 9.77. The van der Waals surface area contributed by atoms with Crippen LogP contribution in [0, 0.1) is 0 Å². The van der Waals surface area contributed by atoms with Crippen LogP contribution < -0.4 is 0 Å². The SMILES string of the molecule is CCOC(=O)Cc1cnc(CC)o1. The summed E-state index contributed by atoms with van der Waals surface area (Å²) in [5.74, 6) is 0.941. The first-order chi connectivity index (χ1) is 6.26. The highest BCUT2D eigenvalue weighted by molar-refractivity contribution is 5.71. The Morgan fingerprint density at radius 2 is 2.38 bits per heavy atom. The third kappa shape index (κ3) is 2.89. The lowest BCUT2D eigenvalue weighted by molar-refractivity contribution is -0.142. The van der Waals surface area contributed by atoms with Crippen molar-refractivity contribution >= 4 is 5.97 Å². The molecule has 0 saturated carbocycles. The maximum absolute atomic E-state index is 11.0. The maximum atomic E-state index is 11.0. The fourth-order valence-corrected chi connectivity index (χ4v) is 0.947. The van der Waals surface area contributed by atoms with Gasteiger partial charge in [0.2, 0.25) is 0 Å². The predicted molar refractivity (Wildman–Crippen MR) is 46.2 cm³/mol. The van der Waals surface area contributed by atoms with Gasteiger partial charge in [-0.1, -0.05) is 6.92 Å². The van der Waals surface area contributed by atoms with Gasteiger partial charge in [0.15, 0.2) is 5.89 Å². The summed E-state index contributed by atoms with van der Waals surface area (Å²) in [5, 5.41) is 0. The smallest absolute Gasteiger partial charge is 0.313 e. The average Bonchev–Trinajstić information content (AvgIpc) is 2.52. The summed E-state index contributed by atoms with van der Waals surface area (Å²) in [6.45, 7) is 4.11. The number of ether oxygens (including phenoxy) is 1. The molecule has 1 aromatic rings. The second-order valence-corrected chi connectivity index (χ2v) is 2.56. The van der Waals surface area contributed by atoms with Crippen molar-refractivity contribution < 1.29 is 13.9 Å². The van der Waals surface area contributed by atoms with Crippen molar-refractivity contribution in [3.8, 4) is 0 Å². The van der Waals surface area contributed by atoms with E-state index in [1.165, 1.54) is 0 Å². The summed E-state index contributed by atoms with van der Waals surface area (Å²) >= 11 is 0. The van der Waals surface area contributed by atoms with Gasteiger partial charge >= 0.3 is 5.97 Å². The Balaban J connectivity index is 2.49. The third-order valence-corrected chi connectivity index (χ3v) is 1.53. The lowest BCUT2D eigenvalue weighted by Gasteiger charge is -1.97. The number of aryl methyl sites for hydroxylation is 1. The van der Waals surface area contributed by atoms with E-state index in [-0.39, 0.29) is 12.4 Å². The Morgan fingerprint density at radius 3 is 2.92 bits per heavy atom. The Bertz CT molecular complexity index is 280. The van der Waals surface area contributed by atoms with Crippen molar-refractivity contribution in [1.29, 1.82) is 0 Å². The van der Waals surface area contributed by atoms with Gasteiger partial charge in [0.05, 0.1) is 12.8 Å². The zero-order valence-electron chi connectivity index (χ0n) is 7.87. The highest BCUT2D eigenvalue weighted by atomic mass is 16.5. The van der Waals surface area contributed by atoms with Gasteiger partial charge in [-0.15, -0.1) is 0 Å². The molecule has 0 spiro atoms. The Hall–Kier alpha value is -1.32. The van der Waals surface area contributed by atoms with Gasteiger partial charge in [-0.3, -0.25) is 4.79 Å². The average molecular weight is 183 g/mol. The van der Waals surface area contributed by atoms with Gasteiger partial charge < -0.3 is 9.15 Å². The van der Waals surface area contributed by atoms with Crippen molar-refractivity contribution in [3.63, 3.8) is 0 Å². The standard InChI is InChI=1S/C9H13NO3/c1-3-8-10-6-7(13-8)5-9(11)12-4-2/h6H,3-5H2,1-2H3. The molecule has 0 atom stereocenters. The molecule has 0 fully saturated rings.